The molecule has 1 fully saturated rings. The van der Waals surface area contributed by atoms with E-state index in [9.17, 15) is 14.4 Å². The Hall–Kier alpha value is -2.43. The normalized spacial score (nSPS) is 21.6. The van der Waals surface area contributed by atoms with E-state index in [-0.39, 0.29) is 54.4 Å². The number of amides is 3. The number of nitrogens with one attached hydrogen (secondary N) is 1. The first-order valence-corrected chi connectivity index (χ1v) is 10.2. The molecule has 0 radical (unpaired) electrons. The van der Waals surface area contributed by atoms with E-state index in [1.807, 2.05) is 30.4 Å². The molecule has 1 aromatic carbocycles. The number of benzene rings is 1. The minimum absolute atomic E-state index is 0.119. The SMILES string of the molecule is CC(C)c1cccc(C(C)C)c1NC(=O)CCN1C(=O)[C@H]2CC=CC[C@@H]2C1=O. The average Bonchev–Trinajstić information content (AvgIpc) is 2.90. The number of imide groups is 1. The van der Waals surface area contributed by atoms with Crippen LogP contribution in [-0.2, 0) is 14.4 Å². The topological polar surface area (TPSA) is 66.5 Å². The van der Waals surface area contributed by atoms with Crippen LogP contribution in [-0.4, -0.2) is 29.2 Å². The lowest BCUT2D eigenvalue weighted by Crippen LogP contribution is -2.34. The monoisotopic (exact) mass is 382 g/mol. The Labute approximate surface area is 167 Å². The molecule has 1 aliphatic heterocycles. The van der Waals surface area contributed by atoms with Crippen LogP contribution in [0.3, 0.4) is 0 Å². The molecule has 1 N–H and O–H groups in total. The third-order valence-corrected chi connectivity index (χ3v) is 5.80. The van der Waals surface area contributed by atoms with Crippen LogP contribution in [0.15, 0.2) is 30.4 Å². The third-order valence-electron chi connectivity index (χ3n) is 5.80. The molecule has 0 saturated carbocycles. The minimum atomic E-state index is -0.241. The molecule has 150 valence electrons. The molecule has 1 aliphatic carbocycles. The summed E-state index contributed by atoms with van der Waals surface area (Å²) < 4.78 is 0. The second-order valence-corrected chi connectivity index (χ2v) is 8.40. The van der Waals surface area contributed by atoms with Gasteiger partial charge in [-0.3, -0.25) is 19.3 Å². The van der Waals surface area contributed by atoms with Gasteiger partial charge in [0.1, 0.15) is 0 Å². The third kappa shape index (κ3) is 3.89. The van der Waals surface area contributed by atoms with Gasteiger partial charge in [-0.15, -0.1) is 0 Å². The lowest BCUT2D eigenvalue weighted by atomic mass is 9.85. The van der Waals surface area contributed by atoms with Crippen LogP contribution in [0, 0.1) is 11.8 Å². The van der Waals surface area contributed by atoms with Crippen LogP contribution in [0.2, 0.25) is 0 Å². The maximum Gasteiger partial charge on any atom is 0.233 e. The highest BCUT2D eigenvalue weighted by molar-refractivity contribution is 6.06. The van der Waals surface area contributed by atoms with Crippen molar-refractivity contribution in [3.63, 3.8) is 0 Å². The maximum absolute atomic E-state index is 12.7. The van der Waals surface area contributed by atoms with Crippen LogP contribution >= 0.6 is 0 Å². The van der Waals surface area contributed by atoms with Gasteiger partial charge in [0.15, 0.2) is 0 Å². The number of rotatable bonds is 6. The van der Waals surface area contributed by atoms with Crippen molar-refractivity contribution in [1.82, 2.24) is 4.90 Å². The molecular formula is C23H30N2O3. The van der Waals surface area contributed by atoms with Crippen molar-refractivity contribution in [2.75, 3.05) is 11.9 Å². The van der Waals surface area contributed by atoms with Crippen molar-refractivity contribution >= 4 is 23.4 Å². The fourth-order valence-corrected chi connectivity index (χ4v) is 4.20. The van der Waals surface area contributed by atoms with Crippen LogP contribution in [0.1, 0.15) is 69.9 Å². The van der Waals surface area contributed by atoms with E-state index in [1.165, 1.54) is 4.90 Å². The number of allylic oxidation sites excluding steroid dienone is 2. The van der Waals surface area contributed by atoms with Crippen LogP contribution in [0.25, 0.3) is 0 Å². The molecule has 2 atom stereocenters. The summed E-state index contributed by atoms with van der Waals surface area (Å²) in [6, 6.07) is 6.10. The molecular weight excluding hydrogens is 352 g/mol. The van der Waals surface area contributed by atoms with Gasteiger partial charge < -0.3 is 5.32 Å². The highest BCUT2D eigenvalue weighted by Gasteiger charge is 2.46. The number of anilines is 1. The molecule has 1 heterocycles. The quantitative estimate of drug-likeness (QED) is 0.592. The first kappa shape index (κ1) is 20.3. The fraction of sp³-hybridized carbons (Fsp3) is 0.522. The number of fused-ring (bicyclic) bond motifs is 1. The summed E-state index contributed by atoms with van der Waals surface area (Å²) >= 11 is 0. The molecule has 1 saturated heterocycles. The summed E-state index contributed by atoms with van der Waals surface area (Å²) in [6.45, 7) is 8.56. The minimum Gasteiger partial charge on any atom is -0.326 e. The first-order chi connectivity index (χ1) is 13.3. The Bertz CT molecular complexity index is 758. The summed E-state index contributed by atoms with van der Waals surface area (Å²) in [5.41, 5.74) is 3.07. The first-order valence-electron chi connectivity index (χ1n) is 10.2. The Morgan fingerprint density at radius 1 is 1.00 bits per heavy atom. The van der Waals surface area contributed by atoms with E-state index < -0.39 is 0 Å². The van der Waals surface area contributed by atoms with Gasteiger partial charge in [0.05, 0.1) is 11.8 Å². The smallest absolute Gasteiger partial charge is 0.233 e. The van der Waals surface area contributed by atoms with E-state index in [4.69, 9.17) is 0 Å². The van der Waals surface area contributed by atoms with Gasteiger partial charge in [-0.05, 0) is 35.8 Å². The van der Waals surface area contributed by atoms with Gasteiger partial charge in [0, 0.05) is 18.7 Å². The molecule has 3 rings (SSSR count). The highest BCUT2D eigenvalue weighted by atomic mass is 16.2. The van der Waals surface area contributed by atoms with E-state index in [0.29, 0.717) is 12.8 Å². The summed E-state index contributed by atoms with van der Waals surface area (Å²) in [7, 11) is 0. The lowest BCUT2D eigenvalue weighted by Gasteiger charge is -2.21. The predicted molar refractivity (Wildman–Crippen MR) is 110 cm³/mol. The molecule has 0 unspecified atom stereocenters. The van der Waals surface area contributed by atoms with Gasteiger partial charge in [0.25, 0.3) is 0 Å². The van der Waals surface area contributed by atoms with Crippen molar-refractivity contribution in [3.8, 4) is 0 Å². The zero-order chi connectivity index (χ0) is 20.4. The molecule has 0 bridgehead atoms. The van der Waals surface area contributed by atoms with Crippen LogP contribution in [0.4, 0.5) is 5.69 Å². The Morgan fingerprint density at radius 3 is 1.96 bits per heavy atom. The standard InChI is InChI=1S/C23H30N2O3/c1-14(2)16-10-7-11-17(15(3)4)21(16)24-20(26)12-13-25-22(27)18-8-5-6-9-19(18)23(25)28/h5-7,10-11,14-15,18-19H,8-9,12-13H2,1-4H3,(H,24,26)/t18-,19-/m0/s1. The van der Waals surface area contributed by atoms with Gasteiger partial charge in [0.2, 0.25) is 17.7 Å². The Balaban J connectivity index is 1.69. The molecule has 2 aliphatic rings. The van der Waals surface area contributed by atoms with E-state index >= 15 is 0 Å². The molecule has 0 spiro atoms. The largest absolute Gasteiger partial charge is 0.326 e. The number of hydrogen-bond donors (Lipinski definition) is 1. The Morgan fingerprint density at radius 2 is 1.50 bits per heavy atom. The average molecular weight is 383 g/mol. The second-order valence-electron chi connectivity index (χ2n) is 8.40. The molecule has 5 nitrogen and oxygen atoms in total. The number of carbonyl (C=O) groups is 3. The summed E-state index contributed by atoms with van der Waals surface area (Å²) in [5, 5.41) is 3.06. The van der Waals surface area contributed by atoms with E-state index in [0.717, 1.165) is 16.8 Å². The van der Waals surface area contributed by atoms with Crippen molar-refractivity contribution < 1.29 is 14.4 Å². The molecule has 1 aromatic rings. The molecule has 3 amide bonds. The summed E-state index contributed by atoms with van der Waals surface area (Å²) in [6.07, 6.45) is 5.31. The van der Waals surface area contributed by atoms with Crippen molar-refractivity contribution in [1.29, 1.82) is 0 Å². The predicted octanol–water partition coefficient (Wildman–Crippen LogP) is 4.21. The number of likely N-dealkylation sites (tertiary alicyclic amines) is 1. The molecule has 5 heteroatoms. The van der Waals surface area contributed by atoms with Crippen molar-refractivity contribution in [3.05, 3.63) is 41.5 Å². The number of hydrogen-bond acceptors (Lipinski definition) is 3. The second kappa shape index (κ2) is 8.29. The zero-order valence-electron chi connectivity index (χ0n) is 17.2. The van der Waals surface area contributed by atoms with Gasteiger partial charge in [-0.2, -0.15) is 0 Å². The number of para-hydroxylation sites is 1. The molecule has 28 heavy (non-hydrogen) atoms. The van der Waals surface area contributed by atoms with Crippen LogP contribution < -0.4 is 5.32 Å². The highest BCUT2D eigenvalue weighted by Crippen LogP contribution is 2.35. The van der Waals surface area contributed by atoms with E-state index in [1.54, 1.807) is 0 Å². The number of carbonyl (C=O) groups excluding carboxylic acids is 3. The van der Waals surface area contributed by atoms with E-state index in [2.05, 4.69) is 33.0 Å². The fourth-order valence-electron chi connectivity index (χ4n) is 4.20. The van der Waals surface area contributed by atoms with Crippen molar-refractivity contribution in [2.24, 2.45) is 11.8 Å². The van der Waals surface area contributed by atoms with Crippen LogP contribution in [0.5, 0.6) is 0 Å². The van der Waals surface area contributed by atoms with Gasteiger partial charge >= 0.3 is 0 Å². The van der Waals surface area contributed by atoms with Gasteiger partial charge in [-0.1, -0.05) is 58.0 Å². The Kier molecular flexibility index (Phi) is 6.01. The lowest BCUT2D eigenvalue weighted by molar-refractivity contribution is -0.140. The maximum atomic E-state index is 12.7. The summed E-state index contributed by atoms with van der Waals surface area (Å²) in [4.78, 5) is 39.1. The van der Waals surface area contributed by atoms with Gasteiger partial charge in [-0.25, -0.2) is 0 Å². The molecule has 0 aromatic heterocycles. The number of nitrogens with zero attached hydrogens (tertiary/aromatic N) is 1. The summed E-state index contributed by atoms with van der Waals surface area (Å²) in [5.74, 6) is -0.332. The zero-order valence-corrected chi connectivity index (χ0v) is 17.2. The van der Waals surface area contributed by atoms with Crippen molar-refractivity contribution in [2.45, 2.75) is 58.8 Å².